The van der Waals surface area contributed by atoms with E-state index in [2.05, 4.69) is 37.2 Å². The van der Waals surface area contributed by atoms with Gasteiger partial charge in [-0.05, 0) is 74.7 Å². The van der Waals surface area contributed by atoms with Gasteiger partial charge in [0.2, 0.25) is 0 Å². The molecule has 2 aromatic rings. The summed E-state index contributed by atoms with van der Waals surface area (Å²) in [6, 6.07) is 12.0. The molecule has 0 heterocycles. The van der Waals surface area contributed by atoms with Crippen LogP contribution in [0.25, 0.3) is 0 Å². The second-order valence-electron chi connectivity index (χ2n) is 6.83. The number of fused-ring (bicyclic) bond motifs is 1. The highest BCUT2D eigenvalue weighted by Crippen LogP contribution is 2.30. The fraction of sp³-hybridized carbons (Fsp3) is 0.400. The van der Waals surface area contributed by atoms with Gasteiger partial charge in [-0.1, -0.05) is 35.3 Å². The van der Waals surface area contributed by atoms with Gasteiger partial charge in [-0.3, -0.25) is 0 Å². The van der Waals surface area contributed by atoms with Crippen molar-refractivity contribution in [3.05, 3.63) is 63.1 Å². The van der Waals surface area contributed by atoms with E-state index in [1.807, 2.05) is 12.1 Å². The van der Waals surface area contributed by atoms with Gasteiger partial charge in [0, 0.05) is 22.2 Å². The molecule has 1 atom stereocenters. The topological polar surface area (TPSA) is 12.5 Å². The minimum atomic E-state index is 0. The zero-order valence-electron chi connectivity index (χ0n) is 14.6. The Balaban J connectivity index is 0.00000225. The van der Waals surface area contributed by atoms with Crippen molar-refractivity contribution >= 4 is 35.6 Å². The van der Waals surface area contributed by atoms with Crippen LogP contribution in [-0.2, 0) is 19.4 Å². The van der Waals surface area contributed by atoms with Crippen LogP contribution in [0.15, 0.2) is 36.4 Å². The standard InChI is InChI=1S/C20H23Cl2NO.ClH/c1-23(2)12-14-3-4-16-10-19(8-6-15(16)9-14)24-13-17-5-7-18(21)11-20(17)22;/h5-8,10-11,14H,3-4,9,12-13H2,1-2H3;1H. The summed E-state index contributed by atoms with van der Waals surface area (Å²) in [5.41, 5.74) is 3.83. The first-order valence-electron chi connectivity index (χ1n) is 8.34. The van der Waals surface area contributed by atoms with Crippen LogP contribution in [0.3, 0.4) is 0 Å². The fourth-order valence-electron chi connectivity index (χ4n) is 3.37. The van der Waals surface area contributed by atoms with E-state index in [9.17, 15) is 0 Å². The Morgan fingerprint density at radius 2 is 1.88 bits per heavy atom. The van der Waals surface area contributed by atoms with Gasteiger partial charge in [0.1, 0.15) is 12.4 Å². The number of nitrogens with zero attached hydrogens (tertiary/aromatic N) is 1. The quantitative estimate of drug-likeness (QED) is 0.642. The lowest BCUT2D eigenvalue weighted by atomic mass is 9.83. The third-order valence-electron chi connectivity index (χ3n) is 4.54. The number of hydrogen-bond donors (Lipinski definition) is 0. The fourth-order valence-corrected chi connectivity index (χ4v) is 3.83. The maximum absolute atomic E-state index is 6.20. The highest BCUT2D eigenvalue weighted by atomic mass is 35.5. The number of benzene rings is 2. The third-order valence-corrected chi connectivity index (χ3v) is 5.13. The summed E-state index contributed by atoms with van der Waals surface area (Å²) in [5, 5.41) is 1.29. The first-order chi connectivity index (χ1) is 11.5. The molecule has 2 nitrogen and oxygen atoms in total. The lowest BCUT2D eigenvalue weighted by Gasteiger charge is -2.27. The minimum Gasteiger partial charge on any atom is -0.489 e. The van der Waals surface area contributed by atoms with E-state index in [0.29, 0.717) is 16.7 Å². The first-order valence-corrected chi connectivity index (χ1v) is 9.10. The van der Waals surface area contributed by atoms with Crippen molar-refractivity contribution in [2.24, 2.45) is 5.92 Å². The molecule has 1 unspecified atom stereocenters. The van der Waals surface area contributed by atoms with Crippen molar-refractivity contribution in [3.8, 4) is 5.75 Å². The molecule has 5 heteroatoms. The number of halogens is 3. The van der Waals surface area contributed by atoms with Crippen LogP contribution in [0.1, 0.15) is 23.1 Å². The van der Waals surface area contributed by atoms with Crippen LogP contribution in [0.4, 0.5) is 0 Å². The van der Waals surface area contributed by atoms with E-state index < -0.39 is 0 Å². The van der Waals surface area contributed by atoms with Crippen LogP contribution in [0.5, 0.6) is 5.75 Å². The van der Waals surface area contributed by atoms with Gasteiger partial charge < -0.3 is 9.64 Å². The molecular weight excluding hydrogens is 377 g/mol. The molecule has 25 heavy (non-hydrogen) atoms. The molecule has 136 valence electrons. The van der Waals surface area contributed by atoms with E-state index in [4.69, 9.17) is 27.9 Å². The van der Waals surface area contributed by atoms with Crippen molar-refractivity contribution in [3.63, 3.8) is 0 Å². The normalized spacial score (nSPS) is 16.3. The molecule has 1 aliphatic rings. The molecule has 0 spiro atoms. The maximum Gasteiger partial charge on any atom is 0.120 e. The van der Waals surface area contributed by atoms with Crippen molar-refractivity contribution < 1.29 is 4.74 Å². The van der Waals surface area contributed by atoms with Gasteiger partial charge in [-0.15, -0.1) is 12.4 Å². The minimum absolute atomic E-state index is 0. The van der Waals surface area contributed by atoms with Crippen molar-refractivity contribution in [1.82, 2.24) is 4.90 Å². The highest BCUT2D eigenvalue weighted by Gasteiger charge is 2.19. The molecular formula is C20H24Cl3NO. The largest absolute Gasteiger partial charge is 0.489 e. The lowest BCUT2D eigenvalue weighted by molar-refractivity contribution is 0.297. The van der Waals surface area contributed by atoms with Crippen LogP contribution < -0.4 is 4.74 Å². The van der Waals surface area contributed by atoms with Gasteiger partial charge >= 0.3 is 0 Å². The van der Waals surface area contributed by atoms with E-state index in [1.54, 1.807) is 6.07 Å². The summed E-state index contributed by atoms with van der Waals surface area (Å²) in [7, 11) is 4.29. The lowest BCUT2D eigenvalue weighted by Crippen LogP contribution is -2.26. The van der Waals surface area contributed by atoms with Gasteiger partial charge in [-0.25, -0.2) is 0 Å². The summed E-state index contributed by atoms with van der Waals surface area (Å²) >= 11 is 12.1. The molecule has 0 aliphatic heterocycles. The van der Waals surface area contributed by atoms with Gasteiger partial charge in [0.15, 0.2) is 0 Å². The predicted molar refractivity (Wildman–Crippen MR) is 109 cm³/mol. The Morgan fingerprint density at radius 3 is 2.60 bits per heavy atom. The Kier molecular flexibility index (Phi) is 7.45. The Labute approximate surface area is 166 Å². The molecule has 3 rings (SSSR count). The molecule has 0 fully saturated rings. The number of ether oxygens (including phenoxy) is 1. The average Bonchev–Trinajstić information content (AvgIpc) is 2.53. The summed E-state index contributed by atoms with van der Waals surface area (Å²) in [6.07, 6.45) is 3.54. The second-order valence-corrected chi connectivity index (χ2v) is 7.67. The maximum atomic E-state index is 6.20. The summed E-state index contributed by atoms with van der Waals surface area (Å²) in [6.45, 7) is 1.62. The second kappa shape index (κ2) is 9.14. The number of rotatable bonds is 5. The molecule has 2 aromatic carbocycles. The zero-order valence-corrected chi connectivity index (χ0v) is 16.9. The molecule has 0 bridgehead atoms. The monoisotopic (exact) mass is 399 g/mol. The van der Waals surface area contributed by atoms with Gasteiger partial charge in [0.05, 0.1) is 0 Å². The molecule has 0 saturated heterocycles. The predicted octanol–water partition coefficient (Wildman–Crippen LogP) is 5.66. The number of aryl methyl sites for hydroxylation is 1. The number of hydrogen-bond acceptors (Lipinski definition) is 2. The third kappa shape index (κ3) is 5.52. The van der Waals surface area contributed by atoms with Crippen LogP contribution in [0.2, 0.25) is 10.0 Å². The Bertz CT molecular complexity index is 718. The molecule has 0 radical (unpaired) electrons. The van der Waals surface area contributed by atoms with Crippen LogP contribution in [-0.4, -0.2) is 25.5 Å². The van der Waals surface area contributed by atoms with E-state index in [-0.39, 0.29) is 12.4 Å². The average molecular weight is 401 g/mol. The van der Waals surface area contributed by atoms with Crippen LogP contribution >= 0.6 is 35.6 Å². The summed E-state index contributed by atoms with van der Waals surface area (Å²) < 4.78 is 5.93. The smallest absolute Gasteiger partial charge is 0.120 e. The highest BCUT2D eigenvalue weighted by molar-refractivity contribution is 6.35. The molecule has 0 amide bonds. The molecule has 0 aromatic heterocycles. The SMILES string of the molecule is CN(C)CC1CCc2cc(OCc3ccc(Cl)cc3Cl)ccc2C1.Cl. The van der Waals surface area contributed by atoms with Crippen molar-refractivity contribution in [2.45, 2.75) is 25.9 Å². The zero-order chi connectivity index (χ0) is 17.1. The Hall–Kier alpha value is -0.930. The van der Waals surface area contributed by atoms with E-state index in [1.165, 1.54) is 17.5 Å². The van der Waals surface area contributed by atoms with Crippen molar-refractivity contribution in [1.29, 1.82) is 0 Å². The van der Waals surface area contributed by atoms with Gasteiger partial charge in [0.25, 0.3) is 0 Å². The molecule has 0 N–H and O–H groups in total. The van der Waals surface area contributed by atoms with Gasteiger partial charge in [-0.2, -0.15) is 0 Å². The van der Waals surface area contributed by atoms with Crippen LogP contribution in [0, 0.1) is 5.92 Å². The summed E-state index contributed by atoms with van der Waals surface area (Å²) in [5.74, 6) is 1.66. The first kappa shape index (κ1) is 20.4. The molecule has 1 aliphatic carbocycles. The molecule has 0 saturated carbocycles. The van der Waals surface area contributed by atoms with E-state index >= 15 is 0 Å². The van der Waals surface area contributed by atoms with E-state index in [0.717, 1.165) is 36.6 Å². The Morgan fingerprint density at radius 1 is 1.08 bits per heavy atom. The van der Waals surface area contributed by atoms with Crippen molar-refractivity contribution in [2.75, 3.05) is 20.6 Å². The summed E-state index contributed by atoms with van der Waals surface area (Å²) in [4.78, 5) is 2.28.